The van der Waals surface area contributed by atoms with Crippen LogP contribution in [-0.2, 0) is 0 Å². The van der Waals surface area contributed by atoms with Gasteiger partial charge in [-0.05, 0) is 49.7 Å². The first-order valence-electron chi connectivity index (χ1n) is 12.4. The third kappa shape index (κ3) is 4.66. The average molecular weight is 511 g/mol. The molecule has 0 fully saturated rings. The Kier molecular flexibility index (Phi) is 6.74. The number of benzene rings is 3. The molecule has 1 aromatic heterocycles. The number of hydrogen-bond donors (Lipinski definition) is 0. The highest BCUT2D eigenvalue weighted by Gasteiger charge is 2.35. The Bertz CT molecular complexity index is 1590. The third-order valence-corrected chi connectivity index (χ3v) is 6.79. The third-order valence-electron chi connectivity index (χ3n) is 6.79. The van der Waals surface area contributed by atoms with Crippen molar-refractivity contribution in [1.82, 2.24) is 5.01 Å². The summed E-state index contributed by atoms with van der Waals surface area (Å²) in [7, 11) is 0. The van der Waals surface area contributed by atoms with Crippen LogP contribution < -0.4 is 10.5 Å². The van der Waals surface area contributed by atoms with Crippen molar-refractivity contribution >= 4 is 34.0 Å². The molecule has 2 heterocycles. The molecule has 0 spiro atoms. The van der Waals surface area contributed by atoms with Crippen LogP contribution in [0.25, 0.3) is 11.0 Å². The SMILES string of the molecule is CCN(CC)c1ccc2cc(C3=NN(C(=O)c4ccccc4)C(c4ccc([N+](=O)[O-])cc4)C3)c(=O)oc2c1. The van der Waals surface area contributed by atoms with Crippen LogP contribution in [0.5, 0.6) is 0 Å². The Labute approximate surface area is 218 Å². The maximum atomic E-state index is 13.4. The van der Waals surface area contributed by atoms with E-state index in [1.54, 1.807) is 42.5 Å². The zero-order valence-corrected chi connectivity index (χ0v) is 21.0. The summed E-state index contributed by atoms with van der Waals surface area (Å²) < 4.78 is 5.71. The van der Waals surface area contributed by atoms with Crippen LogP contribution in [-0.4, -0.2) is 34.6 Å². The van der Waals surface area contributed by atoms with Crippen molar-refractivity contribution in [1.29, 1.82) is 0 Å². The van der Waals surface area contributed by atoms with Crippen LogP contribution in [0.3, 0.4) is 0 Å². The minimum Gasteiger partial charge on any atom is -0.422 e. The number of amides is 1. The van der Waals surface area contributed by atoms with Gasteiger partial charge in [0, 0.05) is 54.3 Å². The van der Waals surface area contributed by atoms with Gasteiger partial charge < -0.3 is 9.32 Å². The predicted molar refractivity (Wildman–Crippen MR) is 146 cm³/mol. The zero-order valence-electron chi connectivity index (χ0n) is 21.0. The molecular formula is C29H26N4O5. The molecule has 0 radical (unpaired) electrons. The highest BCUT2D eigenvalue weighted by atomic mass is 16.6. The van der Waals surface area contributed by atoms with Gasteiger partial charge in [-0.3, -0.25) is 14.9 Å². The molecule has 4 aromatic rings. The molecule has 1 unspecified atom stereocenters. The van der Waals surface area contributed by atoms with Gasteiger partial charge in [0.15, 0.2) is 0 Å². The van der Waals surface area contributed by atoms with Gasteiger partial charge in [-0.15, -0.1) is 0 Å². The largest absolute Gasteiger partial charge is 0.422 e. The molecule has 3 aromatic carbocycles. The summed E-state index contributed by atoms with van der Waals surface area (Å²) >= 11 is 0. The van der Waals surface area contributed by atoms with E-state index in [9.17, 15) is 19.7 Å². The average Bonchev–Trinajstić information content (AvgIpc) is 3.38. The smallest absolute Gasteiger partial charge is 0.345 e. The van der Waals surface area contributed by atoms with Gasteiger partial charge >= 0.3 is 5.63 Å². The van der Waals surface area contributed by atoms with E-state index >= 15 is 0 Å². The van der Waals surface area contributed by atoms with Crippen molar-refractivity contribution in [3.8, 4) is 0 Å². The maximum Gasteiger partial charge on any atom is 0.345 e. The van der Waals surface area contributed by atoms with E-state index in [0.717, 1.165) is 24.2 Å². The second-order valence-corrected chi connectivity index (χ2v) is 8.97. The summed E-state index contributed by atoms with van der Waals surface area (Å²) in [5.41, 5.74) is 2.67. The summed E-state index contributed by atoms with van der Waals surface area (Å²) in [5.74, 6) is -0.335. The normalized spacial score (nSPS) is 14.9. The molecule has 1 amide bonds. The van der Waals surface area contributed by atoms with Crippen LogP contribution in [0.4, 0.5) is 11.4 Å². The van der Waals surface area contributed by atoms with Gasteiger partial charge in [-0.25, -0.2) is 9.80 Å². The predicted octanol–water partition coefficient (Wildman–Crippen LogP) is 5.54. The molecule has 0 bridgehead atoms. The number of non-ortho nitro benzene ring substituents is 1. The van der Waals surface area contributed by atoms with Gasteiger partial charge in [0.2, 0.25) is 0 Å². The molecule has 0 aliphatic carbocycles. The number of nitro groups is 1. The number of carbonyl (C=O) groups is 1. The second-order valence-electron chi connectivity index (χ2n) is 8.97. The van der Waals surface area contributed by atoms with E-state index in [0.29, 0.717) is 22.4 Å². The van der Waals surface area contributed by atoms with Crippen LogP contribution in [0.1, 0.15) is 47.8 Å². The summed E-state index contributed by atoms with van der Waals surface area (Å²) in [6, 6.07) is 21.7. The number of hydrogen-bond acceptors (Lipinski definition) is 7. The molecule has 0 N–H and O–H groups in total. The molecule has 1 aliphatic rings. The van der Waals surface area contributed by atoms with Crippen LogP contribution >= 0.6 is 0 Å². The minimum absolute atomic E-state index is 0.0481. The topological polar surface area (TPSA) is 109 Å². The first-order chi connectivity index (χ1) is 18.4. The molecule has 0 saturated heterocycles. The Hall–Kier alpha value is -4.79. The number of nitrogens with zero attached hydrogens (tertiary/aromatic N) is 4. The molecule has 38 heavy (non-hydrogen) atoms. The van der Waals surface area contributed by atoms with Gasteiger partial charge in [0.25, 0.3) is 11.6 Å². The minimum atomic E-state index is -0.543. The monoisotopic (exact) mass is 510 g/mol. The molecule has 1 aliphatic heterocycles. The van der Waals surface area contributed by atoms with Crippen LogP contribution in [0.15, 0.2) is 93.2 Å². The van der Waals surface area contributed by atoms with Crippen molar-refractivity contribution in [2.75, 3.05) is 18.0 Å². The fourth-order valence-corrected chi connectivity index (χ4v) is 4.74. The lowest BCUT2D eigenvalue weighted by Crippen LogP contribution is -2.27. The van der Waals surface area contributed by atoms with Crippen LogP contribution in [0, 0.1) is 10.1 Å². The zero-order chi connectivity index (χ0) is 26.8. The summed E-state index contributed by atoms with van der Waals surface area (Å²) in [5, 5.41) is 17.8. The quantitative estimate of drug-likeness (QED) is 0.183. The molecule has 1 atom stereocenters. The lowest BCUT2D eigenvalue weighted by molar-refractivity contribution is -0.384. The number of anilines is 1. The second kappa shape index (κ2) is 10.3. The standard InChI is InChI=1S/C29H26N4O5/c1-3-31(4-2)23-15-12-21-16-24(29(35)38-27(21)17-23)25-18-26(19-10-13-22(14-11-19)33(36)37)32(30-25)28(34)20-8-6-5-7-9-20/h5-17,26H,3-4,18H2,1-2H3. The molecular weight excluding hydrogens is 484 g/mol. The Morgan fingerprint density at radius 3 is 2.42 bits per heavy atom. The fourth-order valence-electron chi connectivity index (χ4n) is 4.74. The Morgan fingerprint density at radius 2 is 1.76 bits per heavy atom. The van der Waals surface area contributed by atoms with Crippen molar-refractivity contribution in [3.63, 3.8) is 0 Å². The summed E-state index contributed by atoms with van der Waals surface area (Å²) in [6.45, 7) is 5.79. The van der Waals surface area contributed by atoms with E-state index in [-0.39, 0.29) is 23.6 Å². The first kappa shape index (κ1) is 24.9. The van der Waals surface area contributed by atoms with Crippen molar-refractivity contribution < 1.29 is 14.1 Å². The lowest BCUT2D eigenvalue weighted by Gasteiger charge is -2.22. The summed E-state index contributed by atoms with van der Waals surface area (Å²) in [4.78, 5) is 39.4. The van der Waals surface area contributed by atoms with Crippen molar-refractivity contribution in [2.24, 2.45) is 5.10 Å². The Morgan fingerprint density at radius 1 is 1.05 bits per heavy atom. The van der Waals surface area contributed by atoms with Gasteiger partial charge in [-0.2, -0.15) is 5.10 Å². The number of fused-ring (bicyclic) bond motifs is 1. The number of hydrazone groups is 1. The number of carbonyl (C=O) groups excluding carboxylic acids is 1. The van der Waals surface area contributed by atoms with E-state index < -0.39 is 16.6 Å². The Balaban J connectivity index is 1.55. The molecule has 0 saturated carbocycles. The number of nitro benzene ring substituents is 1. The van der Waals surface area contributed by atoms with E-state index in [1.165, 1.54) is 17.1 Å². The van der Waals surface area contributed by atoms with E-state index in [4.69, 9.17) is 4.42 Å². The highest BCUT2D eigenvalue weighted by Crippen LogP contribution is 2.35. The fraction of sp³-hybridized carbons (Fsp3) is 0.207. The molecule has 9 nitrogen and oxygen atoms in total. The highest BCUT2D eigenvalue weighted by molar-refractivity contribution is 6.06. The first-order valence-corrected chi connectivity index (χ1v) is 12.4. The lowest BCUT2D eigenvalue weighted by atomic mass is 9.98. The van der Waals surface area contributed by atoms with E-state index in [1.807, 2.05) is 24.3 Å². The van der Waals surface area contributed by atoms with Crippen LogP contribution in [0.2, 0.25) is 0 Å². The molecule has 5 rings (SSSR count). The van der Waals surface area contributed by atoms with Gasteiger partial charge in [0.1, 0.15) is 5.58 Å². The van der Waals surface area contributed by atoms with Crippen molar-refractivity contribution in [3.05, 3.63) is 116 Å². The van der Waals surface area contributed by atoms with Gasteiger partial charge in [0.05, 0.1) is 22.2 Å². The molecule has 9 heteroatoms. The van der Waals surface area contributed by atoms with E-state index in [2.05, 4.69) is 23.8 Å². The molecule has 192 valence electrons. The number of rotatable bonds is 7. The summed E-state index contributed by atoms with van der Waals surface area (Å²) in [6.07, 6.45) is 0.254. The maximum absolute atomic E-state index is 13.4. The van der Waals surface area contributed by atoms with Gasteiger partial charge in [-0.1, -0.05) is 30.3 Å². The van der Waals surface area contributed by atoms with Crippen molar-refractivity contribution in [2.45, 2.75) is 26.3 Å².